The van der Waals surface area contributed by atoms with Gasteiger partial charge in [0.15, 0.2) is 0 Å². The number of furan rings is 1. The topological polar surface area (TPSA) is 91.6 Å². The lowest BCUT2D eigenvalue weighted by molar-refractivity contribution is 0.0716. The zero-order chi connectivity index (χ0) is 25.4. The molecular formula is C29H22ClN3O4. The number of ether oxygens (including phenoxy) is 1. The number of carbonyl (C=O) groups excluding carboxylic acids is 1. The third-order valence-electron chi connectivity index (χ3n) is 6.41. The average Bonchev–Trinajstić information content (AvgIpc) is 3.65. The van der Waals surface area contributed by atoms with Gasteiger partial charge in [0.25, 0.3) is 5.91 Å². The molecule has 0 bridgehead atoms. The van der Waals surface area contributed by atoms with Crippen molar-refractivity contribution in [3.05, 3.63) is 124 Å². The van der Waals surface area contributed by atoms with Crippen molar-refractivity contribution in [3.8, 4) is 22.8 Å². The van der Waals surface area contributed by atoms with Crippen molar-refractivity contribution < 1.29 is 19.1 Å². The van der Waals surface area contributed by atoms with Gasteiger partial charge in [-0.15, -0.1) is 0 Å². The Hall–Kier alpha value is -4.49. The molecule has 1 amide bonds. The number of phenols is 1. The lowest BCUT2D eigenvalue weighted by atomic mass is 9.95. The molecular weight excluding hydrogens is 490 g/mol. The molecule has 7 nitrogen and oxygen atoms in total. The summed E-state index contributed by atoms with van der Waals surface area (Å²) >= 11 is 6.24. The van der Waals surface area contributed by atoms with Gasteiger partial charge >= 0.3 is 0 Å². The second kappa shape index (κ2) is 9.52. The van der Waals surface area contributed by atoms with Crippen LogP contribution in [0.4, 0.5) is 0 Å². The smallest absolute Gasteiger partial charge is 0.273 e. The maximum Gasteiger partial charge on any atom is 0.273 e. The average molecular weight is 512 g/mol. The summed E-state index contributed by atoms with van der Waals surface area (Å²) in [6.07, 6.45) is 1.58. The van der Waals surface area contributed by atoms with Crippen molar-refractivity contribution >= 4 is 17.5 Å². The normalized spacial score (nSPS) is 14.7. The minimum atomic E-state index is -0.500. The van der Waals surface area contributed by atoms with Gasteiger partial charge in [0.1, 0.15) is 35.3 Å². The van der Waals surface area contributed by atoms with Crippen LogP contribution in [0.15, 0.2) is 95.6 Å². The van der Waals surface area contributed by atoms with Crippen LogP contribution in [0.1, 0.15) is 39.0 Å². The number of aromatic hydroxyl groups is 1. The standard InChI is InChI=1S/C29H22ClN3O4/c30-20-11-12-24(34)23(15-20)26-25-27(32-31-26)29(35)33(16-22-10-5-13-36-22)28(25)19-8-4-9-21(14-19)37-17-18-6-2-1-3-7-18/h1-15,28,34H,16-17H2,(H,31,32). The molecule has 0 spiro atoms. The molecule has 0 saturated heterocycles. The van der Waals surface area contributed by atoms with Crippen LogP contribution in [0.5, 0.6) is 11.5 Å². The lowest BCUT2D eigenvalue weighted by Gasteiger charge is -2.26. The summed E-state index contributed by atoms with van der Waals surface area (Å²) in [5.74, 6) is 1.14. The van der Waals surface area contributed by atoms with Crippen molar-refractivity contribution in [1.29, 1.82) is 0 Å². The van der Waals surface area contributed by atoms with E-state index in [1.165, 1.54) is 6.07 Å². The number of fused-ring (bicyclic) bond motifs is 1. The third-order valence-corrected chi connectivity index (χ3v) is 6.64. The summed E-state index contributed by atoms with van der Waals surface area (Å²) in [4.78, 5) is 15.3. The van der Waals surface area contributed by atoms with E-state index in [1.807, 2.05) is 60.7 Å². The molecule has 0 saturated carbocycles. The first-order valence-corrected chi connectivity index (χ1v) is 12.1. The van der Waals surface area contributed by atoms with Crippen LogP contribution in [-0.4, -0.2) is 26.1 Å². The molecule has 3 aromatic carbocycles. The molecule has 1 aliphatic heterocycles. The molecule has 1 atom stereocenters. The largest absolute Gasteiger partial charge is 0.507 e. The highest BCUT2D eigenvalue weighted by atomic mass is 35.5. The van der Waals surface area contributed by atoms with Crippen molar-refractivity contribution in [1.82, 2.24) is 15.1 Å². The molecule has 2 N–H and O–H groups in total. The molecule has 1 unspecified atom stereocenters. The Morgan fingerprint density at radius 3 is 2.70 bits per heavy atom. The number of rotatable bonds is 7. The third kappa shape index (κ3) is 4.34. The highest BCUT2D eigenvalue weighted by Gasteiger charge is 2.43. The molecule has 0 radical (unpaired) electrons. The van der Waals surface area contributed by atoms with Crippen LogP contribution in [0.2, 0.25) is 5.02 Å². The van der Waals surface area contributed by atoms with Gasteiger partial charge in [-0.3, -0.25) is 9.89 Å². The second-order valence-electron chi connectivity index (χ2n) is 8.78. The Morgan fingerprint density at radius 2 is 1.89 bits per heavy atom. The monoisotopic (exact) mass is 511 g/mol. The number of carbonyl (C=O) groups is 1. The molecule has 5 aromatic rings. The van der Waals surface area contributed by atoms with Gasteiger partial charge in [0, 0.05) is 16.1 Å². The number of aromatic amines is 1. The summed E-state index contributed by atoms with van der Waals surface area (Å²) in [5, 5.41) is 18.4. The van der Waals surface area contributed by atoms with Gasteiger partial charge in [0.05, 0.1) is 18.8 Å². The Balaban J connectivity index is 1.42. The first-order valence-electron chi connectivity index (χ1n) is 11.8. The molecule has 8 heteroatoms. The van der Waals surface area contributed by atoms with Crippen molar-refractivity contribution in [3.63, 3.8) is 0 Å². The Kier molecular flexibility index (Phi) is 5.90. The predicted molar refractivity (Wildman–Crippen MR) is 138 cm³/mol. The van der Waals surface area contributed by atoms with E-state index >= 15 is 0 Å². The van der Waals surface area contributed by atoms with Crippen molar-refractivity contribution in [2.24, 2.45) is 0 Å². The minimum Gasteiger partial charge on any atom is -0.507 e. The minimum absolute atomic E-state index is 0.0225. The molecule has 184 valence electrons. The zero-order valence-corrected chi connectivity index (χ0v) is 20.4. The number of halogens is 1. The lowest BCUT2D eigenvalue weighted by Crippen LogP contribution is -2.29. The van der Waals surface area contributed by atoms with Crippen LogP contribution >= 0.6 is 11.6 Å². The highest BCUT2D eigenvalue weighted by Crippen LogP contribution is 2.46. The van der Waals surface area contributed by atoms with Gasteiger partial charge in [-0.25, -0.2) is 0 Å². The highest BCUT2D eigenvalue weighted by molar-refractivity contribution is 6.31. The Bertz CT molecular complexity index is 1560. The van der Waals surface area contributed by atoms with Crippen LogP contribution in [0.25, 0.3) is 11.3 Å². The summed E-state index contributed by atoms with van der Waals surface area (Å²) in [6.45, 7) is 0.678. The van der Waals surface area contributed by atoms with E-state index in [0.717, 1.165) is 11.1 Å². The summed E-state index contributed by atoms with van der Waals surface area (Å²) in [7, 11) is 0. The van der Waals surface area contributed by atoms with E-state index in [4.69, 9.17) is 20.8 Å². The Labute approximate surface area is 217 Å². The summed E-state index contributed by atoms with van der Waals surface area (Å²) < 4.78 is 11.6. The van der Waals surface area contributed by atoms with Crippen LogP contribution < -0.4 is 4.74 Å². The molecule has 0 fully saturated rings. The number of nitrogens with one attached hydrogen (secondary N) is 1. The number of aromatic nitrogens is 2. The molecule has 6 rings (SSSR count). The van der Waals surface area contributed by atoms with Crippen LogP contribution in [0.3, 0.4) is 0 Å². The van der Waals surface area contributed by atoms with E-state index < -0.39 is 6.04 Å². The number of hydrogen-bond donors (Lipinski definition) is 2. The van der Waals surface area contributed by atoms with Crippen LogP contribution in [-0.2, 0) is 13.2 Å². The molecule has 2 aromatic heterocycles. The summed E-state index contributed by atoms with van der Waals surface area (Å²) in [5.41, 5.74) is 3.83. The first kappa shape index (κ1) is 22.9. The van der Waals surface area contributed by atoms with E-state index in [1.54, 1.807) is 29.4 Å². The zero-order valence-electron chi connectivity index (χ0n) is 19.6. The molecule has 1 aliphatic rings. The molecule has 3 heterocycles. The molecule has 37 heavy (non-hydrogen) atoms. The fraction of sp³-hybridized carbons (Fsp3) is 0.103. The number of amides is 1. The van der Waals surface area contributed by atoms with Gasteiger partial charge in [-0.1, -0.05) is 54.1 Å². The van der Waals surface area contributed by atoms with Crippen molar-refractivity contribution in [2.45, 2.75) is 19.2 Å². The number of benzene rings is 3. The fourth-order valence-corrected chi connectivity index (χ4v) is 4.87. The van der Waals surface area contributed by atoms with E-state index in [0.29, 0.717) is 45.7 Å². The van der Waals surface area contributed by atoms with E-state index in [-0.39, 0.29) is 18.2 Å². The van der Waals surface area contributed by atoms with Crippen molar-refractivity contribution in [2.75, 3.05) is 0 Å². The second-order valence-corrected chi connectivity index (χ2v) is 9.22. The number of hydrogen-bond acceptors (Lipinski definition) is 5. The Morgan fingerprint density at radius 1 is 1.03 bits per heavy atom. The van der Waals surface area contributed by atoms with Gasteiger partial charge in [-0.05, 0) is 53.6 Å². The number of phenolic OH excluding ortho intramolecular Hbond substituents is 1. The molecule has 0 aliphatic carbocycles. The maximum absolute atomic E-state index is 13.6. The fourth-order valence-electron chi connectivity index (χ4n) is 4.70. The SMILES string of the molecule is O=C1c2[nH]nc(-c3cc(Cl)ccc3O)c2C(c2cccc(OCc3ccccc3)c2)N1Cc1ccco1. The van der Waals surface area contributed by atoms with E-state index in [2.05, 4.69) is 10.2 Å². The van der Waals surface area contributed by atoms with Gasteiger partial charge in [0.2, 0.25) is 0 Å². The van der Waals surface area contributed by atoms with E-state index in [9.17, 15) is 9.90 Å². The summed E-state index contributed by atoms with van der Waals surface area (Å²) in [6, 6.07) is 25.5. The predicted octanol–water partition coefficient (Wildman–Crippen LogP) is 6.35. The maximum atomic E-state index is 13.6. The van der Waals surface area contributed by atoms with Gasteiger partial charge in [-0.2, -0.15) is 5.10 Å². The number of nitrogens with zero attached hydrogens (tertiary/aromatic N) is 2. The first-order chi connectivity index (χ1) is 18.1. The number of H-pyrrole nitrogens is 1. The quantitative estimate of drug-likeness (QED) is 0.265. The van der Waals surface area contributed by atoms with Crippen LogP contribution in [0, 0.1) is 0 Å². The van der Waals surface area contributed by atoms with Gasteiger partial charge < -0.3 is 19.2 Å².